The van der Waals surface area contributed by atoms with Crippen molar-refractivity contribution < 1.29 is 0 Å². The third kappa shape index (κ3) is 9.74. The number of rotatable bonds is 5. The van der Waals surface area contributed by atoms with Gasteiger partial charge in [0.05, 0.1) is 0 Å². The summed E-state index contributed by atoms with van der Waals surface area (Å²) in [6, 6.07) is 0. The highest BCUT2D eigenvalue weighted by molar-refractivity contribution is 4.85. The maximum atomic E-state index is 2.33. The van der Waals surface area contributed by atoms with E-state index in [9.17, 15) is 0 Å². The normalized spacial score (nSPS) is 12.7. The lowest BCUT2D eigenvalue weighted by atomic mass is 9.92. The first-order chi connectivity index (χ1) is 5.56. The molecule has 0 aliphatic carbocycles. The maximum absolute atomic E-state index is 2.33. The van der Waals surface area contributed by atoms with Gasteiger partial charge in [0.1, 0.15) is 0 Å². The SMILES string of the molecule is CCCCCC=CCC(C)(C)C. The van der Waals surface area contributed by atoms with Gasteiger partial charge in [-0.2, -0.15) is 0 Å². The Hall–Kier alpha value is -0.260. The molecular formula is C12H24. The molecular weight excluding hydrogens is 144 g/mol. The molecule has 0 aliphatic heterocycles. The van der Waals surface area contributed by atoms with Crippen LogP contribution < -0.4 is 0 Å². The molecule has 0 saturated carbocycles. The zero-order valence-corrected chi connectivity index (χ0v) is 9.19. The Kier molecular flexibility index (Phi) is 6.14. The molecule has 0 aromatic heterocycles. The number of hydrogen-bond donors (Lipinski definition) is 0. The molecule has 0 heteroatoms. The fraction of sp³-hybridized carbons (Fsp3) is 0.833. The predicted octanol–water partition coefficient (Wildman–Crippen LogP) is 4.56. The highest BCUT2D eigenvalue weighted by Crippen LogP contribution is 2.18. The molecule has 0 bridgehead atoms. The third-order valence-electron chi connectivity index (χ3n) is 1.87. The third-order valence-corrected chi connectivity index (χ3v) is 1.87. The average Bonchev–Trinajstić information content (AvgIpc) is 1.94. The summed E-state index contributed by atoms with van der Waals surface area (Å²) in [5.74, 6) is 0. The zero-order valence-electron chi connectivity index (χ0n) is 9.19. The van der Waals surface area contributed by atoms with Crippen molar-refractivity contribution in [2.24, 2.45) is 5.41 Å². The lowest BCUT2D eigenvalue weighted by molar-refractivity contribution is 0.420. The van der Waals surface area contributed by atoms with Crippen molar-refractivity contribution in [2.45, 2.75) is 59.8 Å². The van der Waals surface area contributed by atoms with Gasteiger partial charge >= 0.3 is 0 Å². The summed E-state index contributed by atoms with van der Waals surface area (Å²) < 4.78 is 0. The van der Waals surface area contributed by atoms with E-state index in [4.69, 9.17) is 0 Å². The lowest BCUT2D eigenvalue weighted by Gasteiger charge is -2.14. The van der Waals surface area contributed by atoms with Crippen molar-refractivity contribution in [3.8, 4) is 0 Å². The first kappa shape index (κ1) is 11.7. The van der Waals surface area contributed by atoms with Crippen molar-refractivity contribution >= 4 is 0 Å². The van der Waals surface area contributed by atoms with Crippen LogP contribution in [0.2, 0.25) is 0 Å². The van der Waals surface area contributed by atoms with Crippen LogP contribution in [0, 0.1) is 5.41 Å². The van der Waals surface area contributed by atoms with Crippen molar-refractivity contribution in [1.82, 2.24) is 0 Å². The van der Waals surface area contributed by atoms with E-state index in [1.54, 1.807) is 0 Å². The van der Waals surface area contributed by atoms with Crippen LogP contribution in [0.3, 0.4) is 0 Å². The average molecular weight is 168 g/mol. The molecule has 0 aromatic rings. The summed E-state index contributed by atoms with van der Waals surface area (Å²) in [7, 11) is 0. The number of allylic oxidation sites excluding steroid dienone is 2. The molecule has 12 heavy (non-hydrogen) atoms. The molecule has 0 unspecified atom stereocenters. The summed E-state index contributed by atoms with van der Waals surface area (Å²) in [5.41, 5.74) is 0.460. The fourth-order valence-corrected chi connectivity index (χ4v) is 1.07. The van der Waals surface area contributed by atoms with E-state index in [0.717, 1.165) is 0 Å². The summed E-state index contributed by atoms with van der Waals surface area (Å²) >= 11 is 0. The highest BCUT2D eigenvalue weighted by atomic mass is 14.1. The molecule has 0 aromatic carbocycles. The van der Waals surface area contributed by atoms with Gasteiger partial charge in [-0.25, -0.2) is 0 Å². The van der Waals surface area contributed by atoms with Gasteiger partial charge in [0.15, 0.2) is 0 Å². The second-order valence-corrected chi connectivity index (χ2v) is 4.73. The molecule has 0 N–H and O–H groups in total. The van der Waals surface area contributed by atoms with Gasteiger partial charge in [0.2, 0.25) is 0 Å². The smallest absolute Gasteiger partial charge is 0.0302 e. The summed E-state index contributed by atoms with van der Waals surface area (Å²) in [4.78, 5) is 0. The molecule has 0 atom stereocenters. The van der Waals surface area contributed by atoms with Gasteiger partial charge in [-0.3, -0.25) is 0 Å². The second kappa shape index (κ2) is 6.28. The zero-order chi connectivity index (χ0) is 9.45. The molecule has 72 valence electrons. The van der Waals surface area contributed by atoms with Crippen LogP contribution in [0.5, 0.6) is 0 Å². The van der Waals surface area contributed by atoms with E-state index >= 15 is 0 Å². The number of unbranched alkanes of at least 4 members (excludes halogenated alkanes) is 3. The minimum Gasteiger partial charge on any atom is -0.0885 e. The largest absolute Gasteiger partial charge is 0.0885 e. The van der Waals surface area contributed by atoms with Crippen molar-refractivity contribution in [3.63, 3.8) is 0 Å². The topological polar surface area (TPSA) is 0 Å². The highest BCUT2D eigenvalue weighted by Gasteiger charge is 2.05. The molecule has 0 spiro atoms. The van der Waals surface area contributed by atoms with Gasteiger partial charge in [-0.15, -0.1) is 0 Å². The Labute approximate surface area is 78.1 Å². The van der Waals surface area contributed by atoms with E-state index in [0.29, 0.717) is 5.41 Å². The Balaban J connectivity index is 3.26. The number of hydrogen-bond acceptors (Lipinski definition) is 0. The molecule has 0 aliphatic rings. The van der Waals surface area contributed by atoms with E-state index < -0.39 is 0 Å². The van der Waals surface area contributed by atoms with Crippen LogP contribution in [0.25, 0.3) is 0 Å². The summed E-state index contributed by atoms with van der Waals surface area (Å²) in [5, 5.41) is 0. The van der Waals surface area contributed by atoms with Crippen LogP contribution in [0.1, 0.15) is 59.8 Å². The van der Waals surface area contributed by atoms with E-state index in [2.05, 4.69) is 39.8 Å². The Morgan fingerprint density at radius 2 is 1.67 bits per heavy atom. The minimum absolute atomic E-state index is 0.460. The molecule has 0 heterocycles. The lowest BCUT2D eigenvalue weighted by Crippen LogP contribution is -2.01. The fourth-order valence-electron chi connectivity index (χ4n) is 1.07. The van der Waals surface area contributed by atoms with Gasteiger partial charge in [0.25, 0.3) is 0 Å². The molecule has 0 fully saturated rings. The van der Waals surface area contributed by atoms with Crippen molar-refractivity contribution in [3.05, 3.63) is 12.2 Å². The first-order valence-corrected chi connectivity index (χ1v) is 5.21. The van der Waals surface area contributed by atoms with Crippen LogP contribution >= 0.6 is 0 Å². The monoisotopic (exact) mass is 168 g/mol. The van der Waals surface area contributed by atoms with Crippen molar-refractivity contribution in [2.75, 3.05) is 0 Å². The Morgan fingerprint density at radius 1 is 1.00 bits per heavy atom. The first-order valence-electron chi connectivity index (χ1n) is 5.21. The van der Waals surface area contributed by atoms with E-state index in [1.807, 2.05) is 0 Å². The van der Waals surface area contributed by atoms with Crippen LogP contribution in [-0.4, -0.2) is 0 Å². The summed E-state index contributed by atoms with van der Waals surface area (Å²) in [6.45, 7) is 9.09. The van der Waals surface area contributed by atoms with Crippen molar-refractivity contribution in [1.29, 1.82) is 0 Å². The van der Waals surface area contributed by atoms with Crippen LogP contribution in [0.4, 0.5) is 0 Å². The molecule has 0 radical (unpaired) electrons. The molecule has 0 saturated heterocycles. The molecule has 0 amide bonds. The Morgan fingerprint density at radius 3 is 2.17 bits per heavy atom. The molecule has 0 rings (SSSR count). The second-order valence-electron chi connectivity index (χ2n) is 4.73. The van der Waals surface area contributed by atoms with Gasteiger partial charge in [-0.1, -0.05) is 52.7 Å². The van der Waals surface area contributed by atoms with Crippen LogP contribution in [-0.2, 0) is 0 Å². The minimum atomic E-state index is 0.460. The standard InChI is InChI=1S/C12H24/c1-5-6-7-8-9-10-11-12(2,3)4/h9-10H,5-8,11H2,1-4H3. The van der Waals surface area contributed by atoms with E-state index in [1.165, 1.54) is 32.1 Å². The quantitative estimate of drug-likeness (QED) is 0.417. The van der Waals surface area contributed by atoms with Crippen LogP contribution in [0.15, 0.2) is 12.2 Å². The molecule has 0 nitrogen and oxygen atoms in total. The maximum Gasteiger partial charge on any atom is -0.0302 e. The predicted molar refractivity (Wildman–Crippen MR) is 57.4 cm³/mol. The van der Waals surface area contributed by atoms with Gasteiger partial charge in [0, 0.05) is 0 Å². The summed E-state index contributed by atoms with van der Waals surface area (Å²) in [6.07, 6.45) is 11.2. The van der Waals surface area contributed by atoms with Gasteiger partial charge < -0.3 is 0 Å². The van der Waals surface area contributed by atoms with Gasteiger partial charge in [-0.05, 0) is 24.7 Å². The Bertz CT molecular complexity index is 114. The van der Waals surface area contributed by atoms with E-state index in [-0.39, 0.29) is 0 Å².